The molecule has 0 radical (unpaired) electrons. The van der Waals surface area contributed by atoms with Crippen LogP contribution < -0.4 is 0 Å². The summed E-state index contributed by atoms with van der Waals surface area (Å²) >= 11 is 0. The molecule has 0 fully saturated rings. The molecule has 0 rings (SSSR count). The summed E-state index contributed by atoms with van der Waals surface area (Å²) in [7, 11) is 0. The smallest absolute Gasteiger partial charge is 0.211 e. The fourth-order valence-electron chi connectivity index (χ4n) is 0.553. The second kappa shape index (κ2) is 7.96. The van der Waals surface area contributed by atoms with Crippen molar-refractivity contribution in [1.29, 1.82) is 0 Å². The monoisotopic (exact) mass is 166 g/mol. The van der Waals surface area contributed by atoms with Gasteiger partial charge in [0.1, 0.15) is 0 Å². The summed E-state index contributed by atoms with van der Waals surface area (Å²) in [5.74, 6) is 0.518. The van der Waals surface area contributed by atoms with Crippen LogP contribution in [-0.4, -0.2) is 6.43 Å². The van der Waals surface area contributed by atoms with Crippen LogP contribution in [0, 0.1) is 11.8 Å². The molecule has 0 heterocycles. The minimum Gasteiger partial charge on any atom is -0.211 e. The van der Waals surface area contributed by atoms with Gasteiger partial charge in [-0.1, -0.05) is 34.6 Å². The van der Waals surface area contributed by atoms with Crippen molar-refractivity contribution < 1.29 is 8.78 Å². The van der Waals surface area contributed by atoms with E-state index in [0.29, 0.717) is 5.92 Å². The van der Waals surface area contributed by atoms with Gasteiger partial charge in [0.2, 0.25) is 6.43 Å². The van der Waals surface area contributed by atoms with Crippen LogP contribution in [-0.2, 0) is 0 Å². The van der Waals surface area contributed by atoms with Crippen LogP contribution in [0.1, 0.15) is 41.0 Å². The van der Waals surface area contributed by atoms with Crippen molar-refractivity contribution in [3.8, 4) is 0 Å². The summed E-state index contributed by atoms with van der Waals surface area (Å²) in [5.41, 5.74) is 0. The molecule has 0 aliphatic rings. The third-order valence-electron chi connectivity index (χ3n) is 1.69. The molecule has 0 saturated heterocycles. The van der Waals surface area contributed by atoms with E-state index in [9.17, 15) is 8.78 Å². The average molecular weight is 166 g/mol. The van der Waals surface area contributed by atoms with E-state index in [-0.39, 0.29) is 12.3 Å². The number of rotatable bonds is 3. The Morgan fingerprint density at radius 1 is 1.00 bits per heavy atom. The molecule has 0 aliphatic heterocycles. The molecule has 0 spiro atoms. The van der Waals surface area contributed by atoms with Crippen LogP contribution in [0.3, 0.4) is 0 Å². The summed E-state index contributed by atoms with van der Waals surface area (Å²) in [6.07, 6.45) is -2.10. The third kappa shape index (κ3) is 9.86. The number of alkyl halides is 2. The van der Waals surface area contributed by atoms with Crippen LogP contribution in [0.25, 0.3) is 0 Å². The minimum atomic E-state index is -2.14. The maximum atomic E-state index is 11.6. The van der Waals surface area contributed by atoms with Crippen LogP contribution in [0.5, 0.6) is 0 Å². The molecule has 0 N–H and O–H groups in total. The predicted octanol–water partition coefficient (Wildman–Crippen LogP) is 3.96. The summed E-state index contributed by atoms with van der Waals surface area (Å²) < 4.78 is 23.3. The Morgan fingerprint density at radius 2 is 1.36 bits per heavy atom. The lowest BCUT2D eigenvalue weighted by atomic mass is 9.95. The summed E-state index contributed by atoms with van der Waals surface area (Å²) in [6.45, 7) is 9.79. The Hall–Kier alpha value is -0.140. The molecule has 0 saturated carbocycles. The zero-order valence-electron chi connectivity index (χ0n) is 8.20. The Bertz CT molecular complexity index is 70.0. The molecule has 0 nitrogen and oxygen atoms in total. The predicted molar refractivity (Wildman–Crippen MR) is 46.0 cm³/mol. The Kier molecular flexibility index (Phi) is 9.73. The minimum absolute atomic E-state index is 0.0394. The quantitative estimate of drug-likeness (QED) is 0.595. The molecule has 0 aromatic heterocycles. The number of hydrogen-bond donors (Lipinski definition) is 0. The molecule has 0 amide bonds. The van der Waals surface area contributed by atoms with Crippen molar-refractivity contribution in [2.75, 3.05) is 0 Å². The molecular formula is C9H20F2. The van der Waals surface area contributed by atoms with Crippen molar-refractivity contribution in [2.45, 2.75) is 47.5 Å². The van der Waals surface area contributed by atoms with Gasteiger partial charge in [-0.3, -0.25) is 0 Å². The van der Waals surface area contributed by atoms with Crippen LogP contribution in [0.2, 0.25) is 0 Å². The van der Waals surface area contributed by atoms with Crippen molar-refractivity contribution in [3.05, 3.63) is 0 Å². The first-order chi connectivity index (χ1) is 5.04. The first-order valence-corrected chi connectivity index (χ1v) is 4.32. The second-order valence-electron chi connectivity index (χ2n) is 2.85. The van der Waals surface area contributed by atoms with E-state index in [1.807, 2.05) is 34.6 Å². The van der Waals surface area contributed by atoms with E-state index < -0.39 is 6.43 Å². The van der Waals surface area contributed by atoms with Gasteiger partial charge in [0.05, 0.1) is 0 Å². The molecule has 11 heavy (non-hydrogen) atoms. The lowest BCUT2D eigenvalue weighted by Gasteiger charge is -2.13. The third-order valence-corrected chi connectivity index (χ3v) is 1.69. The van der Waals surface area contributed by atoms with Crippen molar-refractivity contribution >= 4 is 0 Å². The lowest BCUT2D eigenvalue weighted by Crippen LogP contribution is -2.08. The largest absolute Gasteiger partial charge is 0.238 e. The summed E-state index contributed by atoms with van der Waals surface area (Å²) in [6, 6.07) is 0. The van der Waals surface area contributed by atoms with Crippen LogP contribution in [0.15, 0.2) is 0 Å². The SMILES string of the molecule is CC.CC(C)C(C)CC(F)F. The van der Waals surface area contributed by atoms with E-state index >= 15 is 0 Å². The maximum absolute atomic E-state index is 11.6. The second-order valence-corrected chi connectivity index (χ2v) is 2.85. The zero-order valence-corrected chi connectivity index (χ0v) is 8.20. The number of hydrogen-bond acceptors (Lipinski definition) is 0. The highest BCUT2D eigenvalue weighted by atomic mass is 19.3. The van der Waals surface area contributed by atoms with Gasteiger partial charge in [-0.05, 0) is 11.8 Å². The van der Waals surface area contributed by atoms with E-state index in [1.54, 1.807) is 0 Å². The van der Waals surface area contributed by atoms with E-state index in [2.05, 4.69) is 0 Å². The summed E-state index contributed by atoms with van der Waals surface area (Å²) in [5, 5.41) is 0. The molecule has 0 aliphatic carbocycles. The Morgan fingerprint density at radius 3 is 1.45 bits per heavy atom. The first-order valence-electron chi connectivity index (χ1n) is 4.32. The molecule has 0 aromatic rings. The molecule has 0 aromatic carbocycles. The van der Waals surface area contributed by atoms with Crippen molar-refractivity contribution in [3.63, 3.8) is 0 Å². The number of halogens is 2. The standard InChI is InChI=1S/C7H14F2.C2H6/c1-5(2)6(3)4-7(8)9;1-2/h5-7H,4H2,1-3H3;1-2H3. The van der Waals surface area contributed by atoms with Gasteiger partial charge < -0.3 is 0 Å². The Labute approximate surface area is 69.0 Å². The van der Waals surface area contributed by atoms with Crippen molar-refractivity contribution in [1.82, 2.24) is 0 Å². The molecule has 1 atom stereocenters. The molecule has 2 heteroatoms. The van der Waals surface area contributed by atoms with Gasteiger partial charge in [-0.25, -0.2) is 8.78 Å². The van der Waals surface area contributed by atoms with Gasteiger partial charge in [-0.15, -0.1) is 0 Å². The normalized spacial score (nSPS) is 12.8. The van der Waals surface area contributed by atoms with E-state index in [4.69, 9.17) is 0 Å². The van der Waals surface area contributed by atoms with Gasteiger partial charge >= 0.3 is 0 Å². The van der Waals surface area contributed by atoms with Crippen LogP contribution >= 0.6 is 0 Å². The zero-order chi connectivity index (χ0) is 9.44. The van der Waals surface area contributed by atoms with E-state index in [1.165, 1.54) is 0 Å². The molecule has 0 bridgehead atoms. The highest BCUT2D eigenvalue weighted by molar-refractivity contribution is 4.57. The van der Waals surface area contributed by atoms with Gasteiger partial charge in [-0.2, -0.15) is 0 Å². The highest BCUT2D eigenvalue weighted by Gasteiger charge is 2.12. The van der Waals surface area contributed by atoms with Gasteiger partial charge in [0.15, 0.2) is 0 Å². The average Bonchev–Trinajstić information content (AvgIpc) is 1.90. The first kappa shape index (κ1) is 13.4. The fourth-order valence-corrected chi connectivity index (χ4v) is 0.553. The van der Waals surface area contributed by atoms with E-state index in [0.717, 1.165) is 0 Å². The molecule has 70 valence electrons. The topological polar surface area (TPSA) is 0 Å². The van der Waals surface area contributed by atoms with Gasteiger partial charge in [0, 0.05) is 6.42 Å². The van der Waals surface area contributed by atoms with Crippen LogP contribution in [0.4, 0.5) is 8.78 Å². The maximum Gasteiger partial charge on any atom is 0.238 e. The lowest BCUT2D eigenvalue weighted by molar-refractivity contribution is 0.107. The fraction of sp³-hybridized carbons (Fsp3) is 1.00. The van der Waals surface area contributed by atoms with Crippen molar-refractivity contribution in [2.24, 2.45) is 11.8 Å². The highest BCUT2D eigenvalue weighted by Crippen LogP contribution is 2.17. The van der Waals surface area contributed by atoms with Gasteiger partial charge in [0.25, 0.3) is 0 Å². The Balaban J connectivity index is 0. The molecule has 1 unspecified atom stereocenters. The summed E-state index contributed by atoms with van der Waals surface area (Å²) in [4.78, 5) is 0. The molecular weight excluding hydrogens is 146 g/mol.